The van der Waals surface area contributed by atoms with Crippen molar-refractivity contribution in [1.29, 1.82) is 0 Å². The first-order valence-corrected chi connectivity index (χ1v) is 24.8. The van der Waals surface area contributed by atoms with Gasteiger partial charge in [-0.25, -0.2) is 21.6 Å². The molecule has 2 N–H and O–H groups in total. The van der Waals surface area contributed by atoms with Gasteiger partial charge in [0, 0.05) is 85.3 Å². The number of hydrogen-bond acceptors (Lipinski definition) is 12. The van der Waals surface area contributed by atoms with E-state index in [0.717, 1.165) is 80.5 Å². The summed E-state index contributed by atoms with van der Waals surface area (Å²) in [5.41, 5.74) is 4.47. The Morgan fingerprint density at radius 3 is 2.21 bits per heavy atom. The molecule has 4 aromatic carbocycles. The summed E-state index contributed by atoms with van der Waals surface area (Å²) in [6.07, 6.45) is 1.38. The number of amides is 1. The molecule has 0 unspecified atom stereocenters. The van der Waals surface area contributed by atoms with Gasteiger partial charge in [0.15, 0.2) is 0 Å². The number of alkyl halides is 2. The van der Waals surface area contributed by atoms with Crippen LogP contribution in [0.5, 0.6) is 0 Å². The maximum Gasteiger partial charge on any atom is 0.341 e. The fraction of sp³-hybridized carbons (Fsp3) is 0.386. The van der Waals surface area contributed by atoms with E-state index in [4.69, 9.17) is 21.1 Å². The smallest absolute Gasteiger partial charge is 0.341 e. The van der Waals surface area contributed by atoms with Crippen LogP contribution in [0.4, 0.5) is 20.2 Å². The Morgan fingerprint density at radius 1 is 0.806 bits per heavy atom. The summed E-state index contributed by atoms with van der Waals surface area (Å²) in [4.78, 5) is 19.5. The van der Waals surface area contributed by atoms with Gasteiger partial charge in [-0.15, -0.1) is 11.8 Å². The summed E-state index contributed by atoms with van der Waals surface area (Å²) >= 11 is 7.64. The van der Waals surface area contributed by atoms with Gasteiger partial charge in [0.05, 0.1) is 41.9 Å². The Kier molecular flexibility index (Phi) is 15.6. The summed E-state index contributed by atoms with van der Waals surface area (Å²) in [5, 5.41) is 3.83. The molecule has 1 amide bonds. The highest BCUT2D eigenvalue weighted by Crippen LogP contribution is 2.32. The van der Waals surface area contributed by atoms with Crippen molar-refractivity contribution in [1.82, 2.24) is 14.5 Å². The number of ether oxygens (including phenoxy) is 2. The zero-order chi connectivity index (χ0) is 43.7. The quantitative estimate of drug-likeness (QED) is 0.109. The van der Waals surface area contributed by atoms with Crippen molar-refractivity contribution < 1.29 is 39.9 Å². The third kappa shape index (κ3) is 11.9. The summed E-state index contributed by atoms with van der Waals surface area (Å²) in [6.45, 7) is 8.41. The van der Waals surface area contributed by atoms with Crippen LogP contribution in [0.3, 0.4) is 0 Å². The summed E-state index contributed by atoms with van der Waals surface area (Å²) in [7, 11) is -9.99. The first-order valence-electron chi connectivity index (χ1n) is 20.5. The van der Waals surface area contributed by atoms with Gasteiger partial charge in [-0.3, -0.25) is 14.6 Å². The zero-order valence-corrected chi connectivity index (χ0v) is 37.3. The van der Waals surface area contributed by atoms with Crippen LogP contribution < -0.4 is 14.9 Å². The van der Waals surface area contributed by atoms with Gasteiger partial charge in [-0.05, 0) is 96.3 Å². The van der Waals surface area contributed by atoms with Crippen LogP contribution in [0.25, 0.3) is 5.57 Å². The minimum Gasteiger partial charge on any atom is -0.380 e. The SMILES string of the molecule is O=C(NS(=O)(=O)c1ccc(N[C@H](CCN2CCOCC2)CSc2ccccc2)c(S(=O)(=O)C(F)F)c1)c1ccc(N2CCN(CC3=C(c4ccc(Cl)cc4)CCOC3)CC2)cc1. The maximum atomic E-state index is 14.1. The number of sulfone groups is 1. The number of carbonyl (C=O) groups is 1. The van der Waals surface area contributed by atoms with E-state index >= 15 is 0 Å². The lowest BCUT2D eigenvalue weighted by Gasteiger charge is -2.37. The minimum atomic E-state index is -5.29. The molecule has 3 aliphatic rings. The molecule has 2 fully saturated rings. The molecule has 4 aromatic rings. The second-order valence-corrected chi connectivity index (χ2v) is 20.4. The molecule has 12 nitrogen and oxygen atoms in total. The number of thioether (sulfide) groups is 1. The Balaban J connectivity index is 1.00. The number of nitrogens with one attached hydrogen (secondary N) is 2. The fourth-order valence-corrected chi connectivity index (χ4v) is 10.8. The highest BCUT2D eigenvalue weighted by Gasteiger charge is 2.33. The van der Waals surface area contributed by atoms with Gasteiger partial charge in [0.25, 0.3) is 15.9 Å². The van der Waals surface area contributed by atoms with Crippen molar-refractivity contribution >= 4 is 66.1 Å². The van der Waals surface area contributed by atoms with Gasteiger partial charge in [-0.2, -0.15) is 8.78 Å². The summed E-state index contributed by atoms with van der Waals surface area (Å²) in [6, 6.07) is 26.5. The topological polar surface area (TPSA) is 138 Å². The number of benzene rings is 4. The molecule has 7 rings (SSSR count). The van der Waals surface area contributed by atoms with Crippen molar-refractivity contribution in [3.63, 3.8) is 0 Å². The molecule has 2 saturated heterocycles. The predicted octanol–water partition coefficient (Wildman–Crippen LogP) is 6.75. The number of nitrogens with zero attached hydrogens (tertiary/aromatic N) is 3. The third-order valence-electron chi connectivity index (χ3n) is 11.2. The first-order chi connectivity index (χ1) is 29.9. The van der Waals surface area contributed by atoms with E-state index in [9.17, 15) is 30.4 Å². The lowest BCUT2D eigenvalue weighted by molar-refractivity contribution is 0.0370. The molecule has 332 valence electrons. The second kappa shape index (κ2) is 21.1. The lowest BCUT2D eigenvalue weighted by atomic mass is 9.95. The molecule has 3 heterocycles. The van der Waals surface area contributed by atoms with Crippen LogP contribution in [0.15, 0.2) is 117 Å². The van der Waals surface area contributed by atoms with Crippen LogP contribution in [0, 0.1) is 0 Å². The van der Waals surface area contributed by atoms with Crippen molar-refractivity contribution in [3.05, 3.63) is 119 Å². The molecule has 0 bridgehead atoms. The lowest BCUT2D eigenvalue weighted by Crippen LogP contribution is -2.47. The zero-order valence-electron chi connectivity index (χ0n) is 34.1. The highest BCUT2D eigenvalue weighted by molar-refractivity contribution is 7.99. The highest BCUT2D eigenvalue weighted by atomic mass is 35.5. The number of hydrogen-bond donors (Lipinski definition) is 2. The molecule has 0 spiro atoms. The molecule has 3 aliphatic heterocycles. The second-order valence-electron chi connectivity index (χ2n) is 15.3. The largest absolute Gasteiger partial charge is 0.380 e. The molecule has 0 radical (unpaired) electrons. The summed E-state index contributed by atoms with van der Waals surface area (Å²) in [5.74, 6) is -4.31. The Labute approximate surface area is 371 Å². The first kappa shape index (κ1) is 45.9. The Hall–Kier alpha value is -4.07. The Bertz CT molecular complexity index is 2400. The third-order valence-corrected chi connectivity index (χ3v) is 15.3. The van der Waals surface area contributed by atoms with E-state index in [1.165, 1.54) is 35.0 Å². The number of anilines is 2. The van der Waals surface area contributed by atoms with E-state index in [1.54, 1.807) is 12.1 Å². The van der Waals surface area contributed by atoms with Crippen molar-refractivity contribution in [3.8, 4) is 0 Å². The van der Waals surface area contributed by atoms with Gasteiger partial charge < -0.3 is 19.7 Å². The Morgan fingerprint density at radius 2 is 1.52 bits per heavy atom. The monoisotopic (exact) mass is 929 g/mol. The average Bonchev–Trinajstić information content (AvgIpc) is 3.28. The van der Waals surface area contributed by atoms with Crippen LogP contribution >= 0.6 is 23.4 Å². The van der Waals surface area contributed by atoms with Gasteiger partial charge in [0.1, 0.15) is 0 Å². The molecular formula is C44H50ClF2N5O7S3. The number of sulfonamides is 1. The summed E-state index contributed by atoms with van der Waals surface area (Å²) < 4.78 is 94.8. The van der Waals surface area contributed by atoms with Gasteiger partial charge in [0.2, 0.25) is 9.84 Å². The standard InChI is InChI=1S/C44H50ClF2N5O7S3/c45-35-10-6-32(7-11-35)40-17-25-59-30-34(40)29-51-19-21-52(22-20-51)37-12-8-33(9-13-37)43(53)49-62(56,57)39-14-15-41(42(28-39)61(54,55)44(46)47)48-36(16-18-50-23-26-58-27-24-50)31-60-38-4-2-1-3-5-38/h1-15,28,36,44,48H,16-27,29-31H2,(H,49,53)/t36-/m1/s1. The molecular weight excluding hydrogens is 880 g/mol. The van der Waals surface area contributed by atoms with Gasteiger partial charge >= 0.3 is 5.76 Å². The molecule has 18 heteroatoms. The van der Waals surface area contributed by atoms with Crippen LogP contribution in [0.1, 0.15) is 28.8 Å². The number of carbonyl (C=O) groups excluding carboxylic acids is 1. The van der Waals surface area contributed by atoms with E-state index in [1.807, 2.05) is 59.3 Å². The molecule has 0 aromatic heterocycles. The fourth-order valence-electron chi connectivity index (χ4n) is 7.69. The van der Waals surface area contributed by atoms with E-state index in [0.29, 0.717) is 56.2 Å². The normalized spacial score (nSPS) is 17.6. The van der Waals surface area contributed by atoms with E-state index in [-0.39, 0.29) is 17.3 Å². The van der Waals surface area contributed by atoms with Crippen molar-refractivity contribution in [2.24, 2.45) is 0 Å². The van der Waals surface area contributed by atoms with Crippen LogP contribution in [-0.2, 0) is 29.3 Å². The van der Waals surface area contributed by atoms with Crippen LogP contribution in [-0.4, -0.2) is 129 Å². The van der Waals surface area contributed by atoms with Crippen molar-refractivity contribution in [2.75, 3.05) is 94.8 Å². The average molecular weight is 931 g/mol. The maximum absolute atomic E-state index is 14.1. The molecule has 1 atom stereocenters. The van der Waals surface area contributed by atoms with E-state index in [2.05, 4.69) is 20.0 Å². The number of rotatable bonds is 17. The number of piperazine rings is 1. The van der Waals surface area contributed by atoms with E-state index < -0.39 is 41.3 Å². The van der Waals surface area contributed by atoms with Gasteiger partial charge in [-0.1, -0.05) is 41.9 Å². The molecule has 0 saturated carbocycles. The number of morpholine rings is 1. The minimum absolute atomic E-state index is 0.0488. The number of halogens is 3. The van der Waals surface area contributed by atoms with Crippen LogP contribution in [0.2, 0.25) is 5.02 Å². The molecule has 62 heavy (non-hydrogen) atoms. The predicted molar refractivity (Wildman–Crippen MR) is 240 cm³/mol. The van der Waals surface area contributed by atoms with Crippen molar-refractivity contribution in [2.45, 2.75) is 39.3 Å². The molecule has 0 aliphatic carbocycles.